The maximum Gasteiger partial charge on any atom is 0.122 e. The van der Waals surface area contributed by atoms with Gasteiger partial charge in [-0.2, -0.15) is 0 Å². The summed E-state index contributed by atoms with van der Waals surface area (Å²) in [5.41, 5.74) is 1.29. The van der Waals surface area contributed by atoms with Gasteiger partial charge in [0.05, 0.1) is 13.2 Å². The standard InChI is InChI=1S/C18H31NO2/c1-5-16(4)17-10-8-9-11-18(17)21-15-14-20-13-12-19(6-2)7-3/h8-11,16H,5-7,12-15H2,1-4H3. The van der Waals surface area contributed by atoms with Gasteiger partial charge in [-0.1, -0.05) is 45.9 Å². The van der Waals surface area contributed by atoms with Crippen LogP contribution in [0.2, 0.25) is 0 Å². The smallest absolute Gasteiger partial charge is 0.122 e. The molecule has 0 fully saturated rings. The Balaban J connectivity index is 2.27. The average molecular weight is 293 g/mol. The number of nitrogens with zero attached hydrogens (tertiary/aromatic N) is 1. The molecule has 3 heteroatoms. The molecule has 120 valence electrons. The molecule has 0 radical (unpaired) electrons. The van der Waals surface area contributed by atoms with Crippen molar-refractivity contribution in [3.63, 3.8) is 0 Å². The molecule has 0 aromatic heterocycles. The van der Waals surface area contributed by atoms with Crippen molar-refractivity contribution in [2.75, 3.05) is 39.5 Å². The van der Waals surface area contributed by atoms with Crippen molar-refractivity contribution in [3.05, 3.63) is 29.8 Å². The first-order chi connectivity index (χ1) is 10.2. The lowest BCUT2D eigenvalue weighted by Gasteiger charge is -2.18. The van der Waals surface area contributed by atoms with Crippen LogP contribution < -0.4 is 4.74 Å². The first-order valence-electron chi connectivity index (χ1n) is 8.24. The largest absolute Gasteiger partial charge is 0.491 e. The number of hydrogen-bond acceptors (Lipinski definition) is 3. The molecule has 0 aliphatic carbocycles. The highest BCUT2D eigenvalue weighted by Gasteiger charge is 2.09. The average Bonchev–Trinajstić information content (AvgIpc) is 2.54. The van der Waals surface area contributed by atoms with Crippen LogP contribution in [0.5, 0.6) is 5.75 Å². The second kappa shape index (κ2) is 10.6. The fourth-order valence-electron chi connectivity index (χ4n) is 2.29. The molecule has 3 nitrogen and oxygen atoms in total. The van der Waals surface area contributed by atoms with Crippen molar-refractivity contribution < 1.29 is 9.47 Å². The molecule has 0 aliphatic heterocycles. The lowest BCUT2D eigenvalue weighted by molar-refractivity contribution is 0.0816. The Labute approximate surface area is 130 Å². The highest BCUT2D eigenvalue weighted by molar-refractivity contribution is 5.35. The quantitative estimate of drug-likeness (QED) is 0.577. The monoisotopic (exact) mass is 293 g/mol. The number of ether oxygens (including phenoxy) is 2. The molecule has 1 rings (SSSR count). The van der Waals surface area contributed by atoms with Crippen LogP contribution in [-0.2, 0) is 4.74 Å². The van der Waals surface area contributed by atoms with Gasteiger partial charge in [0.2, 0.25) is 0 Å². The minimum absolute atomic E-state index is 0.532. The van der Waals surface area contributed by atoms with Crippen LogP contribution in [-0.4, -0.2) is 44.4 Å². The van der Waals surface area contributed by atoms with Crippen LogP contribution in [0.3, 0.4) is 0 Å². The summed E-state index contributed by atoms with van der Waals surface area (Å²) in [6, 6.07) is 8.32. The van der Waals surface area contributed by atoms with Crippen molar-refractivity contribution in [2.24, 2.45) is 0 Å². The summed E-state index contributed by atoms with van der Waals surface area (Å²) in [6.45, 7) is 14.0. The van der Waals surface area contributed by atoms with Crippen LogP contribution in [0.1, 0.15) is 45.6 Å². The number of para-hydroxylation sites is 1. The normalized spacial score (nSPS) is 12.6. The molecular weight excluding hydrogens is 262 g/mol. The van der Waals surface area contributed by atoms with Gasteiger partial charge >= 0.3 is 0 Å². The predicted molar refractivity (Wildman–Crippen MR) is 89.3 cm³/mol. The highest BCUT2D eigenvalue weighted by atomic mass is 16.5. The fraction of sp³-hybridized carbons (Fsp3) is 0.667. The van der Waals surface area contributed by atoms with Gasteiger partial charge in [0, 0.05) is 6.54 Å². The highest BCUT2D eigenvalue weighted by Crippen LogP contribution is 2.28. The van der Waals surface area contributed by atoms with E-state index in [9.17, 15) is 0 Å². The molecule has 0 heterocycles. The summed E-state index contributed by atoms with van der Waals surface area (Å²) in [5, 5.41) is 0. The second-order valence-corrected chi connectivity index (χ2v) is 5.33. The Hall–Kier alpha value is -1.06. The minimum atomic E-state index is 0.532. The molecule has 1 atom stereocenters. The Morgan fingerprint density at radius 3 is 2.38 bits per heavy atom. The Kier molecular flexibility index (Phi) is 9.11. The van der Waals surface area contributed by atoms with E-state index in [1.807, 2.05) is 6.07 Å². The Bertz CT molecular complexity index is 377. The minimum Gasteiger partial charge on any atom is -0.491 e. The van der Waals surface area contributed by atoms with Crippen molar-refractivity contribution in [3.8, 4) is 5.75 Å². The van der Waals surface area contributed by atoms with Crippen molar-refractivity contribution in [1.82, 2.24) is 4.90 Å². The summed E-state index contributed by atoms with van der Waals surface area (Å²) in [7, 11) is 0. The fourth-order valence-corrected chi connectivity index (χ4v) is 2.29. The third-order valence-electron chi connectivity index (χ3n) is 3.99. The van der Waals surface area contributed by atoms with Gasteiger partial charge in [-0.15, -0.1) is 0 Å². The van der Waals surface area contributed by atoms with Gasteiger partial charge in [-0.05, 0) is 37.1 Å². The van der Waals surface area contributed by atoms with Crippen molar-refractivity contribution in [1.29, 1.82) is 0 Å². The summed E-state index contributed by atoms with van der Waals surface area (Å²) in [4.78, 5) is 2.36. The summed E-state index contributed by atoms with van der Waals surface area (Å²) >= 11 is 0. The van der Waals surface area contributed by atoms with Crippen LogP contribution >= 0.6 is 0 Å². The molecule has 1 aromatic rings. The third kappa shape index (κ3) is 6.49. The van der Waals surface area contributed by atoms with Crippen LogP contribution in [0.25, 0.3) is 0 Å². The Morgan fingerprint density at radius 1 is 1.00 bits per heavy atom. The topological polar surface area (TPSA) is 21.7 Å². The predicted octanol–water partition coefficient (Wildman–Crippen LogP) is 3.94. The number of hydrogen-bond donors (Lipinski definition) is 0. The molecule has 0 saturated carbocycles. The van der Waals surface area contributed by atoms with E-state index in [1.54, 1.807) is 0 Å². The maximum atomic E-state index is 5.88. The zero-order chi connectivity index (χ0) is 15.5. The molecule has 1 unspecified atom stereocenters. The third-order valence-corrected chi connectivity index (χ3v) is 3.99. The molecular formula is C18H31NO2. The van der Waals surface area contributed by atoms with Crippen LogP contribution in [0.4, 0.5) is 0 Å². The number of benzene rings is 1. The van der Waals surface area contributed by atoms with Crippen LogP contribution in [0.15, 0.2) is 24.3 Å². The van der Waals surface area contributed by atoms with Gasteiger partial charge in [-0.3, -0.25) is 0 Å². The molecule has 0 amide bonds. The molecule has 21 heavy (non-hydrogen) atoms. The van der Waals surface area contributed by atoms with E-state index in [1.165, 1.54) is 5.56 Å². The van der Waals surface area contributed by atoms with Crippen LogP contribution in [0, 0.1) is 0 Å². The van der Waals surface area contributed by atoms with E-state index in [0.29, 0.717) is 19.1 Å². The van der Waals surface area contributed by atoms with E-state index in [2.05, 4.69) is 50.8 Å². The Morgan fingerprint density at radius 2 is 1.71 bits per heavy atom. The van der Waals surface area contributed by atoms with Gasteiger partial charge in [0.25, 0.3) is 0 Å². The van der Waals surface area contributed by atoms with Gasteiger partial charge < -0.3 is 14.4 Å². The number of likely N-dealkylation sites (N-methyl/N-ethyl adjacent to an activating group) is 1. The lowest BCUT2D eigenvalue weighted by Crippen LogP contribution is -2.27. The van der Waals surface area contributed by atoms with E-state index >= 15 is 0 Å². The summed E-state index contributed by atoms with van der Waals surface area (Å²) < 4.78 is 11.5. The first-order valence-corrected chi connectivity index (χ1v) is 8.24. The second-order valence-electron chi connectivity index (χ2n) is 5.33. The van der Waals surface area contributed by atoms with Crippen molar-refractivity contribution in [2.45, 2.75) is 40.0 Å². The van der Waals surface area contributed by atoms with Gasteiger partial charge in [0.15, 0.2) is 0 Å². The van der Waals surface area contributed by atoms with E-state index in [0.717, 1.165) is 38.4 Å². The summed E-state index contributed by atoms with van der Waals surface area (Å²) in [6.07, 6.45) is 1.13. The molecule has 0 aliphatic rings. The molecule has 1 aromatic carbocycles. The maximum absolute atomic E-state index is 5.88. The zero-order valence-electron chi connectivity index (χ0n) is 14.1. The van der Waals surface area contributed by atoms with E-state index < -0.39 is 0 Å². The van der Waals surface area contributed by atoms with Crippen molar-refractivity contribution >= 4 is 0 Å². The molecule has 0 saturated heterocycles. The lowest BCUT2D eigenvalue weighted by atomic mass is 9.98. The molecule has 0 N–H and O–H groups in total. The zero-order valence-corrected chi connectivity index (χ0v) is 14.1. The van der Waals surface area contributed by atoms with E-state index in [4.69, 9.17) is 9.47 Å². The van der Waals surface area contributed by atoms with Gasteiger partial charge in [0.1, 0.15) is 12.4 Å². The first kappa shape index (κ1) is 18.0. The molecule has 0 spiro atoms. The SMILES string of the molecule is CCC(C)c1ccccc1OCCOCCN(CC)CC. The van der Waals surface area contributed by atoms with Gasteiger partial charge in [-0.25, -0.2) is 0 Å². The summed E-state index contributed by atoms with van der Waals surface area (Å²) in [5.74, 6) is 1.53. The molecule has 0 bridgehead atoms. The van der Waals surface area contributed by atoms with E-state index in [-0.39, 0.29) is 0 Å². The number of rotatable bonds is 11.